The second-order valence-electron chi connectivity index (χ2n) is 8.20. The minimum Gasteiger partial charge on any atom is -0.479 e. The summed E-state index contributed by atoms with van der Waals surface area (Å²) < 4.78 is 42.7. The number of hydrogen-bond acceptors (Lipinski definition) is 6. The van der Waals surface area contributed by atoms with Crippen LogP contribution in [-0.2, 0) is 24.1 Å². The number of halogens is 2. The zero-order valence-electron chi connectivity index (χ0n) is 17.9. The van der Waals surface area contributed by atoms with E-state index in [1.165, 1.54) is 13.2 Å². The van der Waals surface area contributed by atoms with Gasteiger partial charge in [0, 0.05) is 48.8 Å². The van der Waals surface area contributed by atoms with Gasteiger partial charge in [0.1, 0.15) is 6.17 Å². The molecule has 0 aliphatic carbocycles. The molecule has 0 bridgehead atoms. The summed E-state index contributed by atoms with van der Waals surface area (Å²) in [6, 6.07) is 1.37. The molecule has 1 N–H and O–H groups in total. The Hall–Kier alpha value is -2.85. The van der Waals surface area contributed by atoms with Gasteiger partial charge < -0.3 is 14.8 Å². The molecule has 5 rings (SSSR count). The average molecular weight is 444 g/mol. The second kappa shape index (κ2) is 8.95. The van der Waals surface area contributed by atoms with Crippen LogP contribution in [0.25, 0.3) is 16.9 Å². The number of pyridine rings is 1. The molecule has 1 saturated heterocycles. The van der Waals surface area contributed by atoms with E-state index in [0.717, 1.165) is 35.5 Å². The topological polar surface area (TPSA) is 79.0 Å². The normalized spacial score (nSPS) is 21.2. The summed E-state index contributed by atoms with van der Waals surface area (Å²) in [5.74, 6) is -0.655. The molecule has 2 unspecified atom stereocenters. The molecule has 3 aromatic rings. The van der Waals surface area contributed by atoms with E-state index in [0.29, 0.717) is 44.8 Å². The highest BCUT2D eigenvalue weighted by Gasteiger charge is 2.26. The molecule has 32 heavy (non-hydrogen) atoms. The molecule has 0 spiro atoms. The van der Waals surface area contributed by atoms with Crippen molar-refractivity contribution in [2.75, 3.05) is 33.4 Å². The number of piperidine rings is 1. The van der Waals surface area contributed by atoms with Crippen LogP contribution in [0.2, 0.25) is 0 Å². The molecule has 2 atom stereocenters. The van der Waals surface area contributed by atoms with Crippen molar-refractivity contribution in [3.8, 4) is 22.8 Å². The number of methoxy groups -OCH3 is 1. The highest BCUT2D eigenvalue weighted by atomic mass is 19.1. The number of hydrogen-bond donors (Lipinski definition) is 1. The van der Waals surface area contributed by atoms with E-state index < -0.39 is 12.0 Å². The van der Waals surface area contributed by atoms with Gasteiger partial charge in [-0.3, -0.25) is 4.68 Å². The van der Waals surface area contributed by atoms with E-state index >= 15 is 0 Å². The molecule has 0 amide bonds. The Morgan fingerprint density at radius 3 is 2.97 bits per heavy atom. The van der Waals surface area contributed by atoms with Crippen LogP contribution >= 0.6 is 0 Å². The molecule has 3 aromatic heterocycles. The largest absolute Gasteiger partial charge is 0.479 e. The van der Waals surface area contributed by atoms with E-state index in [2.05, 4.69) is 15.4 Å². The van der Waals surface area contributed by atoms with Gasteiger partial charge in [-0.15, -0.1) is 0 Å². The average Bonchev–Trinajstić information content (AvgIpc) is 3.32. The van der Waals surface area contributed by atoms with Gasteiger partial charge in [-0.1, -0.05) is 0 Å². The van der Waals surface area contributed by atoms with Gasteiger partial charge in [0.2, 0.25) is 5.88 Å². The summed E-state index contributed by atoms with van der Waals surface area (Å²) in [6.45, 7) is 2.90. The SMILES string of the molecule is COc1ncc(-n2nc(-c3cnn(CC4CCNCC4F)c3)c3c2CCOCC3)cc1F. The number of alkyl halides is 1. The summed E-state index contributed by atoms with van der Waals surface area (Å²) in [5, 5.41) is 12.4. The van der Waals surface area contributed by atoms with Gasteiger partial charge in [0.05, 0.1) is 49.8 Å². The van der Waals surface area contributed by atoms with Crippen molar-refractivity contribution >= 4 is 0 Å². The smallest absolute Gasteiger partial charge is 0.250 e. The van der Waals surface area contributed by atoms with Crippen molar-refractivity contribution in [1.29, 1.82) is 0 Å². The van der Waals surface area contributed by atoms with Crippen LogP contribution in [0.3, 0.4) is 0 Å². The molecule has 2 aliphatic rings. The Kier molecular flexibility index (Phi) is 5.88. The van der Waals surface area contributed by atoms with Crippen LogP contribution in [0, 0.1) is 11.7 Å². The Labute approximate surface area is 184 Å². The zero-order valence-corrected chi connectivity index (χ0v) is 17.9. The van der Waals surface area contributed by atoms with Crippen LogP contribution in [0.15, 0.2) is 24.7 Å². The third-order valence-electron chi connectivity index (χ3n) is 6.17. The van der Waals surface area contributed by atoms with E-state index in [1.54, 1.807) is 21.8 Å². The maximum atomic E-state index is 14.3. The van der Waals surface area contributed by atoms with Gasteiger partial charge in [-0.25, -0.2) is 18.4 Å². The maximum absolute atomic E-state index is 14.3. The third kappa shape index (κ3) is 4.00. The fraction of sp³-hybridized carbons (Fsp3) is 0.500. The zero-order chi connectivity index (χ0) is 22.1. The minimum atomic E-state index is -0.874. The van der Waals surface area contributed by atoms with Gasteiger partial charge in [0.25, 0.3) is 0 Å². The predicted octanol–water partition coefficient (Wildman–Crippen LogP) is 2.34. The van der Waals surface area contributed by atoms with Crippen LogP contribution in [-0.4, -0.2) is 64.1 Å². The summed E-state index contributed by atoms with van der Waals surface area (Å²) in [5.41, 5.74) is 4.20. The van der Waals surface area contributed by atoms with E-state index in [-0.39, 0.29) is 11.8 Å². The van der Waals surface area contributed by atoms with E-state index in [1.807, 2.05) is 6.20 Å². The monoisotopic (exact) mass is 444 g/mol. The van der Waals surface area contributed by atoms with Crippen molar-refractivity contribution in [2.24, 2.45) is 5.92 Å². The summed E-state index contributed by atoms with van der Waals surface area (Å²) in [6.07, 6.45) is 6.49. The first-order chi connectivity index (χ1) is 15.6. The highest BCUT2D eigenvalue weighted by molar-refractivity contribution is 5.64. The van der Waals surface area contributed by atoms with Gasteiger partial charge >= 0.3 is 0 Å². The fourth-order valence-corrected chi connectivity index (χ4v) is 4.48. The van der Waals surface area contributed by atoms with Gasteiger partial charge in [0.15, 0.2) is 5.82 Å². The molecule has 2 aliphatic heterocycles. The first kappa shape index (κ1) is 21.0. The third-order valence-corrected chi connectivity index (χ3v) is 6.17. The van der Waals surface area contributed by atoms with Gasteiger partial charge in [-0.05, 0) is 19.4 Å². The number of nitrogens with zero attached hydrogens (tertiary/aromatic N) is 5. The lowest BCUT2D eigenvalue weighted by Crippen LogP contribution is -2.39. The molecular formula is C22H26F2N6O2. The Balaban J connectivity index is 1.49. The Bertz CT molecular complexity index is 1100. The predicted molar refractivity (Wildman–Crippen MR) is 113 cm³/mol. The lowest BCUT2D eigenvalue weighted by molar-refractivity contribution is 0.145. The Morgan fingerprint density at radius 2 is 2.16 bits per heavy atom. The minimum absolute atomic E-state index is 0.0547. The molecule has 8 nitrogen and oxygen atoms in total. The van der Waals surface area contributed by atoms with Crippen molar-refractivity contribution in [3.05, 3.63) is 41.7 Å². The standard InChI is InChI=1S/C22H26F2N6O2/c1-31-22-18(23)8-16(10-26-22)30-20-4-7-32-6-3-17(20)21(28-30)15-9-27-29(13-15)12-14-2-5-25-11-19(14)24/h8-10,13-14,19,25H,2-7,11-12H2,1H3. The summed E-state index contributed by atoms with van der Waals surface area (Å²) in [7, 11) is 1.38. The summed E-state index contributed by atoms with van der Waals surface area (Å²) >= 11 is 0. The Morgan fingerprint density at radius 1 is 1.28 bits per heavy atom. The van der Waals surface area contributed by atoms with Crippen molar-refractivity contribution in [1.82, 2.24) is 29.9 Å². The highest BCUT2D eigenvalue weighted by Crippen LogP contribution is 2.31. The number of fused-ring (bicyclic) bond motifs is 1. The first-order valence-corrected chi connectivity index (χ1v) is 10.9. The van der Waals surface area contributed by atoms with Crippen molar-refractivity contribution < 1.29 is 18.3 Å². The maximum Gasteiger partial charge on any atom is 0.250 e. The van der Waals surface area contributed by atoms with Gasteiger partial charge in [-0.2, -0.15) is 10.2 Å². The molecule has 5 heterocycles. The molecular weight excluding hydrogens is 418 g/mol. The number of ether oxygens (including phenoxy) is 2. The quantitative estimate of drug-likeness (QED) is 0.651. The first-order valence-electron chi connectivity index (χ1n) is 10.9. The van der Waals surface area contributed by atoms with E-state index in [9.17, 15) is 8.78 Å². The second-order valence-corrected chi connectivity index (χ2v) is 8.20. The number of rotatable bonds is 5. The van der Waals surface area contributed by atoms with Crippen LogP contribution in [0.5, 0.6) is 5.88 Å². The molecule has 1 fully saturated rings. The van der Waals surface area contributed by atoms with E-state index in [4.69, 9.17) is 14.6 Å². The molecule has 0 radical (unpaired) electrons. The molecule has 0 saturated carbocycles. The fourth-order valence-electron chi connectivity index (χ4n) is 4.48. The molecule has 0 aromatic carbocycles. The lowest BCUT2D eigenvalue weighted by atomic mass is 9.96. The van der Waals surface area contributed by atoms with Crippen LogP contribution in [0.1, 0.15) is 17.7 Å². The molecule has 10 heteroatoms. The van der Waals surface area contributed by atoms with Crippen molar-refractivity contribution in [3.63, 3.8) is 0 Å². The number of nitrogens with one attached hydrogen (secondary N) is 1. The van der Waals surface area contributed by atoms with Crippen molar-refractivity contribution in [2.45, 2.75) is 32.0 Å². The molecule has 170 valence electrons. The summed E-state index contributed by atoms with van der Waals surface area (Å²) in [4.78, 5) is 4.06. The number of aromatic nitrogens is 5. The van der Waals surface area contributed by atoms with Crippen LogP contribution in [0.4, 0.5) is 8.78 Å². The van der Waals surface area contributed by atoms with Crippen LogP contribution < -0.4 is 10.1 Å². The lowest BCUT2D eigenvalue weighted by Gasteiger charge is -2.26.